The average Bonchev–Trinajstić information content (AvgIpc) is 2.88. The third kappa shape index (κ3) is 5.64. The maximum atomic E-state index is 13.2. The third-order valence-electron chi connectivity index (χ3n) is 5.97. The van der Waals surface area contributed by atoms with Crippen molar-refractivity contribution in [3.63, 3.8) is 0 Å². The lowest BCUT2D eigenvalue weighted by molar-refractivity contribution is -0.122. The van der Waals surface area contributed by atoms with Gasteiger partial charge in [-0.25, -0.2) is 9.69 Å². The Balaban J connectivity index is 1.56. The van der Waals surface area contributed by atoms with Crippen molar-refractivity contribution in [3.05, 3.63) is 88.5 Å². The van der Waals surface area contributed by atoms with Crippen molar-refractivity contribution in [2.24, 2.45) is 0 Å². The first-order valence-corrected chi connectivity index (χ1v) is 11.8. The molecule has 1 N–H and O–H groups in total. The van der Waals surface area contributed by atoms with Crippen molar-refractivity contribution in [2.75, 3.05) is 18.6 Å². The summed E-state index contributed by atoms with van der Waals surface area (Å²) in [6.45, 7) is 6.81. The van der Waals surface area contributed by atoms with Crippen LogP contribution in [0.1, 0.15) is 29.2 Å². The molecule has 0 unspecified atom stereocenters. The Morgan fingerprint density at radius 3 is 2.30 bits per heavy atom. The summed E-state index contributed by atoms with van der Waals surface area (Å²) >= 11 is 0. The largest absolute Gasteiger partial charge is 0.494 e. The summed E-state index contributed by atoms with van der Waals surface area (Å²) in [6, 6.07) is 16.9. The lowest BCUT2D eigenvalue weighted by Gasteiger charge is -2.26. The first kappa shape index (κ1) is 25.5. The van der Waals surface area contributed by atoms with Crippen LogP contribution in [0.5, 0.6) is 17.2 Å². The number of nitrogens with one attached hydrogen (secondary N) is 1. The predicted molar refractivity (Wildman–Crippen MR) is 140 cm³/mol. The van der Waals surface area contributed by atoms with Gasteiger partial charge in [-0.15, -0.1) is 0 Å². The summed E-state index contributed by atoms with van der Waals surface area (Å²) in [5.41, 5.74) is 4.09. The molecule has 1 heterocycles. The van der Waals surface area contributed by atoms with E-state index in [1.165, 1.54) is 24.3 Å². The van der Waals surface area contributed by atoms with Gasteiger partial charge in [-0.1, -0.05) is 24.3 Å². The average molecular weight is 501 g/mol. The molecule has 0 bridgehead atoms. The van der Waals surface area contributed by atoms with E-state index in [0.717, 1.165) is 10.5 Å². The van der Waals surface area contributed by atoms with Gasteiger partial charge in [0, 0.05) is 0 Å². The molecule has 190 valence electrons. The molecule has 1 saturated heterocycles. The van der Waals surface area contributed by atoms with Crippen LogP contribution in [-0.2, 0) is 16.2 Å². The topological polar surface area (TPSA) is 94.2 Å². The number of methoxy groups -OCH3 is 1. The summed E-state index contributed by atoms with van der Waals surface area (Å²) in [7, 11) is 1.51. The van der Waals surface area contributed by atoms with Gasteiger partial charge in [-0.2, -0.15) is 0 Å². The maximum absolute atomic E-state index is 13.2. The van der Waals surface area contributed by atoms with E-state index in [1.54, 1.807) is 42.5 Å². The summed E-state index contributed by atoms with van der Waals surface area (Å²) in [5.74, 6) is 0.0721. The number of hydrogen-bond donors (Lipinski definition) is 1. The highest BCUT2D eigenvalue weighted by Crippen LogP contribution is 2.31. The van der Waals surface area contributed by atoms with Gasteiger partial charge in [0.15, 0.2) is 11.5 Å². The molecule has 37 heavy (non-hydrogen) atoms. The fraction of sp³-hybridized carbons (Fsp3) is 0.207. The fourth-order valence-corrected chi connectivity index (χ4v) is 3.86. The first-order valence-electron chi connectivity index (χ1n) is 11.8. The van der Waals surface area contributed by atoms with Crippen molar-refractivity contribution in [1.82, 2.24) is 5.32 Å². The first-order chi connectivity index (χ1) is 17.8. The second-order valence-corrected chi connectivity index (χ2v) is 8.50. The molecule has 3 aromatic rings. The fourth-order valence-electron chi connectivity index (χ4n) is 3.86. The quantitative estimate of drug-likeness (QED) is 0.347. The molecule has 0 spiro atoms. The number of carbonyl (C=O) groups excluding carboxylic acids is 3. The smallest absolute Gasteiger partial charge is 0.335 e. The third-order valence-corrected chi connectivity index (χ3v) is 5.97. The van der Waals surface area contributed by atoms with Gasteiger partial charge in [0.25, 0.3) is 11.8 Å². The second-order valence-electron chi connectivity index (χ2n) is 8.50. The highest BCUT2D eigenvalue weighted by atomic mass is 16.5. The Hall–Kier alpha value is -4.59. The second kappa shape index (κ2) is 11.0. The Morgan fingerprint density at radius 2 is 1.62 bits per heavy atom. The van der Waals surface area contributed by atoms with E-state index >= 15 is 0 Å². The van der Waals surface area contributed by atoms with Gasteiger partial charge >= 0.3 is 6.03 Å². The zero-order valence-electron chi connectivity index (χ0n) is 21.2. The molecule has 0 radical (unpaired) electrons. The number of nitrogens with zero attached hydrogens (tertiary/aromatic N) is 1. The van der Waals surface area contributed by atoms with Crippen LogP contribution in [0.15, 0.2) is 66.2 Å². The molecule has 1 aliphatic rings. The molecule has 0 aromatic heterocycles. The molecular formula is C29H28N2O6. The van der Waals surface area contributed by atoms with Crippen LogP contribution in [0.3, 0.4) is 0 Å². The van der Waals surface area contributed by atoms with Crippen molar-refractivity contribution in [3.8, 4) is 17.2 Å². The van der Waals surface area contributed by atoms with Crippen molar-refractivity contribution >= 4 is 29.6 Å². The number of urea groups is 1. The molecule has 4 rings (SSSR count). The molecule has 1 aliphatic heterocycles. The van der Waals surface area contributed by atoms with E-state index in [4.69, 9.17) is 14.2 Å². The SMILES string of the molecule is CCOc1ccc(N2C(=O)NC(=O)/C(=C\c3ccc(OCc4ccc(C)c(C)c4)c(OC)c3)C2=O)cc1. The Morgan fingerprint density at radius 1 is 0.865 bits per heavy atom. The molecule has 0 atom stereocenters. The van der Waals surface area contributed by atoms with Crippen molar-refractivity contribution in [2.45, 2.75) is 27.4 Å². The Kier molecular flexibility index (Phi) is 7.57. The van der Waals surface area contributed by atoms with Gasteiger partial charge in [0.2, 0.25) is 0 Å². The van der Waals surface area contributed by atoms with Gasteiger partial charge in [0.05, 0.1) is 19.4 Å². The number of barbiturate groups is 1. The highest BCUT2D eigenvalue weighted by molar-refractivity contribution is 6.39. The number of amides is 4. The van der Waals surface area contributed by atoms with E-state index < -0.39 is 17.8 Å². The maximum Gasteiger partial charge on any atom is 0.335 e. The van der Waals surface area contributed by atoms with Gasteiger partial charge in [-0.3, -0.25) is 14.9 Å². The number of anilines is 1. The van der Waals surface area contributed by atoms with Crippen LogP contribution in [0.4, 0.5) is 10.5 Å². The molecule has 8 heteroatoms. The van der Waals surface area contributed by atoms with E-state index in [2.05, 4.69) is 25.2 Å². The van der Waals surface area contributed by atoms with Gasteiger partial charge in [-0.05, 0) is 85.5 Å². The number of carbonyl (C=O) groups is 3. The summed E-state index contributed by atoms with van der Waals surface area (Å²) < 4.78 is 16.9. The van der Waals surface area contributed by atoms with E-state index in [9.17, 15) is 14.4 Å². The lowest BCUT2D eigenvalue weighted by Crippen LogP contribution is -2.54. The monoisotopic (exact) mass is 500 g/mol. The number of ether oxygens (including phenoxy) is 3. The molecule has 4 amide bonds. The molecular weight excluding hydrogens is 472 g/mol. The Bertz CT molecular complexity index is 1380. The van der Waals surface area contributed by atoms with Crippen molar-refractivity contribution < 1.29 is 28.6 Å². The number of rotatable bonds is 8. The minimum absolute atomic E-state index is 0.181. The van der Waals surface area contributed by atoms with Crippen molar-refractivity contribution in [1.29, 1.82) is 0 Å². The summed E-state index contributed by atoms with van der Waals surface area (Å²) in [6.07, 6.45) is 1.42. The molecule has 1 fully saturated rings. The van der Waals surface area contributed by atoms with Crippen LogP contribution < -0.4 is 24.4 Å². The van der Waals surface area contributed by atoms with E-state index in [1.807, 2.05) is 19.1 Å². The molecule has 0 saturated carbocycles. The summed E-state index contributed by atoms with van der Waals surface area (Å²) in [4.78, 5) is 39.1. The predicted octanol–water partition coefficient (Wildman–Crippen LogP) is 4.96. The van der Waals surface area contributed by atoms with E-state index in [-0.39, 0.29) is 5.57 Å². The molecule has 0 aliphatic carbocycles. The number of benzene rings is 3. The van der Waals surface area contributed by atoms with Gasteiger partial charge in [0.1, 0.15) is 17.9 Å². The van der Waals surface area contributed by atoms with Gasteiger partial charge < -0.3 is 14.2 Å². The summed E-state index contributed by atoms with van der Waals surface area (Å²) in [5, 5.41) is 2.23. The Labute approximate surface area is 215 Å². The number of aryl methyl sites for hydroxylation is 2. The zero-order chi connectivity index (χ0) is 26.5. The minimum atomic E-state index is -0.816. The molecule has 3 aromatic carbocycles. The highest BCUT2D eigenvalue weighted by Gasteiger charge is 2.36. The van der Waals surface area contributed by atoms with Crippen LogP contribution in [-0.4, -0.2) is 31.6 Å². The van der Waals surface area contributed by atoms with Crippen LogP contribution in [0.2, 0.25) is 0 Å². The zero-order valence-corrected chi connectivity index (χ0v) is 21.2. The minimum Gasteiger partial charge on any atom is -0.494 e. The normalized spacial score (nSPS) is 14.5. The lowest BCUT2D eigenvalue weighted by atomic mass is 10.1. The van der Waals surface area contributed by atoms with Crippen LogP contribution in [0, 0.1) is 13.8 Å². The number of hydrogen-bond acceptors (Lipinski definition) is 6. The number of imide groups is 2. The van der Waals surface area contributed by atoms with E-state index in [0.29, 0.717) is 41.7 Å². The van der Waals surface area contributed by atoms with Crippen LogP contribution >= 0.6 is 0 Å². The standard InChI is InChI=1S/C29H28N2O6/c1-5-36-23-11-9-22(10-12-23)31-28(33)24(27(32)30-29(31)34)15-20-8-13-25(26(16-20)35-4)37-17-21-7-6-18(2)19(3)14-21/h6-16H,5,17H2,1-4H3,(H,30,32,34)/b24-15+. The molecule has 8 nitrogen and oxygen atoms in total. The van der Waals surface area contributed by atoms with Crippen LogP contribution in [0.25, 0.3) is 6.08 Å².